The van der Waals surface area contributed by atoms with Crippen LogP contribution < -0.4 is 0 Å². The fourth-order valence-corrected chi connectivity index (χ4v) is 2.87. The van der Waals surface area contributed by atoms with E-state index >= 15 is 0 Å². The third-order valence-corrected chi connectivity index (χ3v) is 4.92. The lowest BCUT2D eigenvalue weighted by Crippen LogP contribution is -2.63. The molecule has 0 saturated carbocycles. The molecular formula is C17H28O12. The lowest BCUT2D eigenvalue weighted by atomic mass is 9.98. The number of hydrogen-bond donors (Lipinski definition) is 7. The van der Waals surface area contributed by atoms with Crippen LogP contribution in [-0.4, -0.2) is 116 Å². The quantitative estimate of drug-likeness (QED) is 0.162. The third kappa shape index (κ3) is 5.30. The first kappa shape index (κ1) is 24.1. The largest absolute Gasteiger partial charge is 0.459 e. The van der Waals surface area contributed by atoms with Gasteiger partial charge in [-0.1, -0.05) is 6.08 Å². The molecule has 168 valence electrons. The standard InChI is InChI=1S/C17H28O12/c1-3-6(2)15(25)26-5-8-10(20)12(22)14(24)17(28-8)29-16-13(23)11(21)9(19)7(4-18)27-16/h3,7-14,16-24H,4-5H2,1-2H3/b6-3+/t7-,8-,9+,10-,11+,12-,13+,14-,16+,17-/m0/s1. The molecule has 0 amide bonds. The summed E-state index contributed by atoms with van der Waals surface area (Å²) in [5, 5.41) is 69.0. The van der Waals surface area contributed by atoms with Crippen molar-refractivity contribution in [2.75, 3.05) is 13.2 Å². The molecule has 2 rings (SSSR count). The third-order valence-electron chi connectivity index (χ3n) is 4.92. The molecule has 0 spiro atoms. The smallest absolute Gasteiger partial charge is 0.333 e. The molecule has 2 heterocycles. The Morgan fingerprint density at radius 3 is 1.83 bits per heavy atom. The number of carbonyl (C=O) groups is 1. The fourth-order valence-electron chi connectivity index (χ4n) is 2.87. The number of rotatable bonds is 6. The summed E-state index contributed by atoms with van der Waals surface area (Å²) < 4.78 is 20.8. The van der Waals surface area contributed by atoms with E-state index < -0.39 is 80.6 Å². The topological polar surface area (TPSA) is 196 Å². The lowest BCUT2D eigenvalue weighted by Gasteiger charge is -2.44. The van der Waals surface area contributed by atoms with Gasteiger partial charge in [-0.25, -0.2) is 4.79 Å². The molecule has 2 aliphatic heterocycles. The second kappa shape index (κ2) is 10.2. The molecule has 0 unspecified atom stereocenters. The van der Waals surface area contributed by atoms with Gasteiger partial charge >= 0.3 is 5.97 Å². The van der Waals surface area contributed by atoms with Gasteiger partial charge in [0.05, 0.1) is 6.61 Å². The van der Waals surface area contributed by atoms with Crippen LogP contribution in [0.15, 0.2) is 11.6 Å². The molecule has 0 radical (unpaired) electrons. The molecule has 2 saturated heterocycles. The summed E-state index contributed by atoms with van der Waals surface area (Å²) in [6, 6.07) is 0. The van der Waals surface area contributed by atoms with Gasteiger partial charge in [0.25, 0.3) is 0 Å². The minimum absolute atomic E-state index is 0.310. The second-order valence-electron chi connectivity index (χ2n) is 6.92. The maximum absolute atomic E-state index is 11.7. The summed E-state index contributed by atoms with van der Waals surface area (Å²) in [6.45, 7) is 1.99. The number of aliphatic hydroxyl groups excluding tert-OH is 7. The molecule has 10 atom stereocenters. The van der Waals surface area contributed by atoms with Crippen LogP contribution in [0, 0.1) is 0 Å². The van der Waals surface area contributed by atoms with Gasteiger partial charge in [0, 0.05) is 5.57 Å². The summed E-state index contributed by atoms with van der Waals surface area (Å²) in [4.78, 5) is 11.7. The van der Waals surface area contributed by atoms with E-state index in [2.05, 4.69) is 0 Å². The van der Waals surface area contributed by atoms with E-state index in [9.17, 15) is 40.5 Å². The molecule has 7 N–H and O–H groups in total. The van der Waals surface area contributed by atoms with E-state index in [1.54, 1.807) is 6.92 Å². The average Bonchev–Trinajstić information content (AvgIpc) is 2.72. The number of allylic oxidation sites excluding steroid dienone is 1. The molecule has 0 aromatic carbocycles. The van der Waals surface area contributed by atoms with Crippen molar-refractivity contribution in [1.82, 2.24) is 0 Å². The summed E-state index contributed by atoms with van der Waals surface area (Å²) in [6.07, 6.45) is -14.5. The Labute approximate surface area is 166 Å². The van der Waals surface area contributed by atoms with Crippen molar-refractivity contribution in [2.45, 2.75) is 75.3 Å². The van der Waals surface area contributed by atoms with Crippen LogP contribution >= 0.6 is 0 Å². The van der Waals surface area contributed by atoms with Gasteiger partial charge in [-0.2, -0.15) is 0 Å². The zero-order valence-corrected chi connectivity index (χ0v) is 15.9. The summed E-state index contributed by atoms with van der Waals surface area (Å²) in [5.41, 5.74) is 0.310. The van der Waals surface area contributed by atoms with E-state index in [0.29, 0.717) is 5.57 Å². The van der Waals surface area contributed by atoms with Crippen LogP contribution in [0.25, 0.3) is 0 Å². The number of aliphatic hydroxyl groups is 7. The maximum Gasteiger partial charge on any atom is 0.333 e. The van der Waals surface area contributed by atoms with Gasteiger partial charge < -0.3 is 54.7 Å². The Kier molecular flexibility index (Phi) is 8.48. The van der Waals surface area contributed by atoms with Crippen molar-refractivity contribution >= 4 is 5.97 Å². The van der Waals surface area contributed by atoms with Crippen LogP contribution in [0.2, 0.25) is 0 Å². The number of esters is 1. The normalized spacial score (nSPS) is 43.8. The van der Waals surface area contributed by atoms with Crippen molar-refractivity contribution in [3.05, 3.63) is 11.6 Å². The first-order chi connectivity index (χ1) is 13.6. The Bertz CT molecular complexity index is 581. The molecule has 0 aliphatic carbocycles. The number of ether oxygens (including phenoxy) is 4. The van der Waals surface area contributed by atoms with Crippen molar-refractivity contribution in [2.24, 2.45) is 0 Å². The van der Waals surface area contributed by atoms with E-state index in [-0.39, 0.29) is 0 Å². The SMILES string of the molecule is C/C=C(\C)C(=O)OC[C@@H]1O[C@@H](O[C@H]2O[C@@H](CO)[C@@H](O)[C@@H](O)[C@H]2O)[C@@H](O)[C@@H](O)[C@H]1O. The molecule has 0 aromatic rings. The first-order valence-corrected chi connectivity index (χ1v) is 9.08. The fraction of sp³-hybridized carbons (Fsp3) is 0.824. The number of hydrogen-bond acceptors (Lipinski definition) is 12. The first-order valence-electron chi connectivity index (χ1n) is 9.08. The van der Waals surface area contributed by atoms with Crippen LogP contribution in [0.1, 0.15) is 13.8 Å². The highest BCUT2D eigenvalue weighted by molar-refractivity contribution is 5.87. The van der Waals surface area contributed by atoms with Crippen molar-refractivity contribution in [3.8, 4) is 0 Å². The van der Waals surface area contributed by atoms with Crippen molar-refractivity contribution in [3.63, 3.8) is 0 Å². The maximum atomic E-state index is 11.7. The second-order valence-corrected chi connectivity index (χ2v) is 6.92. The van der Waals surface area contributed by atoms with Gasteiger partial charge in [0.15, 0.2) is 12.6 Å². The van der Waals surface area contributed by atoms with Gasteiger partial charge in [-0.3, -0.25) is 0 Å². The minimum Gasteiger partial charge on any atom is -0.459 e. The highest BCUT2D eigenvalue weighted by Gasteiger charge is 2.49. The Balaban J connectivity index is 2.06. The highest BCUT2D eigenvalue weighted by Crippen LogP contribution is 2.28. The summed E-state index contributed by atoms with van der Waals surface area (Å²) in [7, 11) is 0. The van der Waals surface area contributed by atoms with Gasteiger partial charge in [-0.05, 0) is 13.8 Å². The molecule has 2 aliphatic rings. The molecule has 12 heteroatoms. The van der Waals surface area contributed by atoms with Gasteiger partial charge in [-0.15, -0.1) is 0 Å². The zero-order valence-electron chi connectivity index (χ0n) is 15.9. The van der Waals surface area contributed by atoms with E-state index in [1.807, 2.05) is 0 Å². The predicted molar refractivity (Wildman–Crippen MR) is 91.9 cm³/mol. The minimum atomic E-state index is -1.78. The number of carbonyl (C=O) groups excluding carboxylic acids is 1. The Morgan fingerprint density at radius 2 is 1.34 bits per heavy atom. The van der Waals surface area contributed by atoms with E-state index in [1.165, 1.54) is 13.0 Å². The van der Waals surface area contributed by atoms with Crippen LogP contribution in [0.4, 0.5) is 0 Å². The average molecular weight is 424 g/mol. The molecule has 29 heavy (non-hydrogen) atoms. The van der Waals surface area contributed by atoms with E-state index in [0.717, 1.165) is 0 Å². The molecule has 0 aromatic heterocycles. The van der Waals surface area contributed by atoms with Crippen LogP contribution in [-0.2, 0) is 23.7 Å². The van der Waals surface area contributed by atoms with Crippen molar-refractivity contribution < 1.29 is 59.5 Å². The summed E-state index contributed by atoms with van der Waals surface area (Å²) >= 11 is 0. The molecular weight excluding hydrogens is 396 g/mol. The Hall–Kier alpha value is -1.19. The highest BCUT2D eigenvalue weighted by atomic mass is 16.8. The molecule has 0 bridgehead atoms. The zero-order chi connectivity index (χ0) is 21.9. The van der Waals surface area contributed by atoms with Crippen LogP contribution in [0.5, 0.6) is 0 Å². The Morgan fingerprint density at radius 1 is 0.862 bits per heavy atom. The van der Waals surface area contributed by atoms with Crippen LogP contribution in [0.3, 0.4) is 0 Å². The molecule has 12 nitrogen and oxygen atoms in total. The summed E-state index contributed by atoms with van der Waals surface area (Å²) in [5.74, 6) is -0.671. The lowest BCUT2D eigenvalue weighted by molar-refractivity contribution is -0.376. The molecule has 2 fully saturated rings. The van der Waals surface area contributed by atoms with Gasteiger partial charge in [0.1, 0.15) is 55.4 Å². The monoisotopic (exact) mass is 424 g/mol. The van der Waals surface area contributed by atoms with Gasteiger partial charge in [0.2, 0.25) is 0 Å². The van der Waals surface area contributed by atoms with Crippen molar-refractivity contribution in [1.29, 1.82) is 0 Å². The predicted octanol–water partition coefficient (Wildman–Crippen LogP) is -3.88. The van der Waals surface area contributed by atoms with E-state index in [4.69, 9.17) is 18.9 Å².